The Kier molecular flexibility index (Phi) is 4.09. The first-order valence-corrected chi connectivity index (χ1v) is 8.90. The Labute approximate surface area is 158 Å². The summed E-state index contributed by atoms with van der Waals surface area (Å²) in [5.41, 5.74) is 3.27. The van der Waals surface area contributed by atoms with Crippen LogP contribution in [0.5, 0.6) is 5.75 Å². The van der Waals surface area contributed by atoms with Crippen LogP contribution in [0.1, 0.15) is 10.4 Å². The minimum Gasteiger partial charge on any atom is -0.495 e. The van der Waals surface area contributed by atoms with Crippen LogP contribution < -0.4 is 10.1 Å². The van der Waals surface area contributed by atoms with Gasteiger partial charge in [0.15, 0.2) is 0 Å². The number of benzene rings is 3. The van der Waals surface area contributed by atoms with Crippen molar-refractivity contribution in [2.45, 2.75) is 0 Å². The van der Waals surface area contributed by atoms with Crippen molar-refractivity contribution in [3.8, 4) is 5.75 Å². The Morgan fingerprint density at radius 2 is 1.76 bits per heavy atom. The first kappa shape index (κ1) is 16.0. The average Bonchev–Trinajstić information content (AvgIpc) is 3.01. The molecule has 1 aromatic heterocycles. The number of carbonyl (C=O) groups excluding carboxylic acids is 1. The molecule has 5 heteroatoms. The molecule has 0 bridgehead atoms. The Morgan fingerprint density at radius 3 is 2.56 bits per heavy atom. The quantitative estimate of drug-likeness (QED) is 0.430. The number of anilines is 1. The molecule has 4 rings (SSSR count). The van der Waals surface area contributed by atoms with Gasteiger partial charge in [-0.15, -0.1) is 0 Å². The molecule has 4 aromatic rings. The van der Waals surface area contributed by atoms with Crippen LogP contribution in [0, 0.1) is 3.57 Å². The van der Waals surface area contributed by atoms with Crippen LogP contribution in [0.25, 0.3) is 21.8 Å². The minimum atomic E-state index is -0.187. The number of ether oxygens (including phenoxy) is 1. The Hall–Kier alpha value is -2.54. The second-order valence-electron chi connectivity index (χ2n) is 5.67. The van der Waals surface area contributed by atoms with E-state index in [0.29, 0.717) is 11.3 Å². The zero-order valence-corrected chi connectivity index (χ0v) is 15.6. The van der Waals surface area contributed by atoms with E-state index < -0.39 is 0 Å². The first-order chi connectivity index (χ1) is 12.2. The number of aromatic amines is 1. The largest absolute Gasteiger partial charge is 0.495 e. The monoisotopic (exact) mass is 442 g/mol. The predicted molar refractivity (Wildman–Crippen MR) is 109 cm³/mol. The number of carbonyl (C=O) groups is 1. The van der Waals surface area contributed by atoms with Gasteiger partial charge in [0.25, 0.3) is 5.91 Å². The van der Waals surface area contributed by atoms with Crippen molar-refractivity contribution >= 4 is 56.0 Å². The van der Waals surface area contributed by atoms with Crippen molar-refractivity contribution in [2.24, 2.45) is 0 Å². The summed E-state index contributed by atoms with van der Waals surface area (Å²) < 4.78 is 6.62. The van der Waals surface area contributed by atoms with Gasteiger partial charge in [-0.1, -0.05) is 30.3 Å². The van der Waals surface area contributed by atoms with Crippen molar-refractivity contribution in [1.29, 1.82) is 0 Å². The summed E-state index contributed by atoms with van der Waals surface area (Å²) >= 11 is 2.20. The summed E-state index contributed by atoms with van der Waals surface area (Å²) in [7, 11) is 1.60. The first-order valence-electron chi connectivity index (χ1n) is 7.82. The Balaban J connectivity index is 1.85. The standard InChI is InChI=1S/C20H15IN2O2/c1-25-19-13(20(24)23-16-9-5-3-7-14(16)21)10-11-17-18(19)12-6-2-4-8-15(12)22-17/h2-11,22H,1H3,(H,23,24). The van der Waals surface area contributed by atoms with Gasteiger partial charge in [-0.3, -0.25) is 4.79 Å². The van der Waals surface area contributed by atoms with E-state index in [9.17, 15) is 4.79 Å². The third kappa shape index (κ3) is 2.74. The number of fused-ring (bicyclic) bond motifs is 3. The van der Waals surface area contributed by atoms with Crippen LogP contribution in [-0.4, -0.2) is 18.0 Å². The molecule has 0 aliphatic rings. The summed E-state index contributed by atoms with van der Waals surface area (Å²) in [4.78, 5) is 16.2. The van der Waals surface area contributed by atoms with E-state index >= 15 is 0 Å². The van der Waals surface area contributed by atoms with E-state index in [-0.39, 0.29) is 5.91 Å². The molecule has 1 amide bonds. The van der Waals surface area contributed by atoms with Gasteiger partial charge < -0.3 is 15.0 Å². The fourth-order valence-electron chi connectivity index (χ4n) is 3.05. The molecule has 0 atom stereocenters. The zero-order chi connectivity index (χ0) is 17.4. The molecule has 124 valence electrons. The normalized spacial score (nSPS) is 11.0. The fourth-order valence-corrected chi connectivity index (χ4v) is 3.57. The van der Waals surface area contributed by atoms with Crippen LogP contribution in [0.2, 0.25) is 0 Å². The van der Waals surface area contributed by atoms with E-state index in [1.807, 2.05) is 54.6 Å². The van der Waals surface area contributed by atoms with Gasteiger partial charge in [-0.05, 0) is 52.9 Å². The van der Waals surface area contributed by atoms with Gasteiger partial charge in [-0.2, -0.15) is 0 Å². The van der Waals surface area contributed by atoms with Crippen molar-refractivity contribution in [1.82, 2.24) is 4.98 Å². The zero-order valence-electron chi connectivity index (χ0n) is 13.5. The molecule has 0 unspecified atom stereocenters. The van der Waals surface area contributed by atoms with Crippen LogP contribution >= 0.6 is 22.6 Å². The number of rotatable bonds is 3. The molecule has 1 heterocycles. The highest BCUT2D eigenvalue weighted by Gasteiger charge is 2.19. The molecule has 0 aliphatic heterocycles. The SMILES string of the molecule is COc1c(C(=O)Nc2ccccc2I)ccc2[nH]c3ccccc3c12. The smallest absolute Gasteiger partial charge is 0.259 e. The maximum atomic E-state index is 12.8. The number of halogens is 1. The number of nitrogens with one attached hydrogen (secondary N) is 2. The van der Waals surface area contributed by atoms with Crippen molar-refractivity contribution in [3.05, 3.63) is 69.8 Å². The second kappa shape index (κ2) is 6.40. The lowest BCUT2D eigenvalue weighted by Crippen LogP contribution is -2.14. The topological polar surface area (TPSA) is 54.1 Å². The van der Waals surface area contributed by atoms with Crippen molar-refractivity contribution in [2.75, 3.05) is 12.4 Å². The fraction of sp³-hybridized carbons (Fsp3) is 0.0500. The molecular weight excluding hydrogens is 427 g/mol. The van der Waals surface area contributed by atoms with Gasteiger partial charge in [0, 0.05) is 14.5 Å². The summed E-state index contributed by atoms with van der Waals surface area (Å²) in [6, 6.07) is 19.4. The molecule has 4 nitrogen and oxygen atoms in total. The number of methoxy groups -OCH3 is 1. The van der Waals surface area contributed by atoms with Crippen LogP contribution in [0.3, 0.4) is 0 Å². The Morgan fingerprint density at radius 1 is 1.00 bits per heavy atom. The lowest BCUT2D eigenvalue weighted by Gasteiger charge is -2.12. The van der Waals surface area contributed by atoms with Crippen LogP contribution in [-0.2, 0) is 0 Å². The lowest BCUT2D eigenvalue weighted by molar-refractivity contribution is 0.102. The molecule has 25 heavy (non-hydrogen) atoms. The highest BCUT2D eigenvalue weighted by molar-refractivity contribution is 14.1. The number of aromatic nitrogens is 1. The highest BCUT2D eigenvalue weighted by Crippen LogP contribution is 2.36. The van der Waals surface area contributed by atoms with Crippen molar-refractivity contribution in [3.63, 3.8) is 0 Å². The summed E-state index contributed by atoms with van der Waals surface area (Å²) in [6.45, 7) is 0. The molecule has 0 saturated carbocycles. The summed E-state index contributed by atoms with van der Waals surface area (Å²) in [5.74, 6) is 0.395. The van der Waals surface area contributed by atoms with E-state index in [4.69, 9.17) is 4.74 Å². The van der Waals surface area contributed by atoms with Gasteiger partial charge >= 0.3 is 0 Å². The molecular formula is C20H15IN2O2. The number of hydrogen-bond donors (Lipinski definition) is 2. The molecule has 2 N–H and O–H groups in total. The third-order valence-electron chi connectivity index (χ3n) is 4.19. The maximum Gasteiger partial charge on any atom is 0.259 e. The number of H-pyrrole nitrogens is 1. The Bertz CT molecular complexity index is 1100. The van der Waals surface area contributed by atoms with E-state index in [2.05, 4.69) is 32.9 Å². The van der Waals surface area contributed by atoms with E-state index in [1.165, 1.54) is 0 Å². The molecule has 0 radical (unpaired) electrons. The third-order valence-corrected chi connectivity index (χ3v) is 5.13. The van der Waals surface area contributed by atoms with Crippen LogP contribution in [0.4, 0.5) is 5.69 Å². The second-order valence-corrected chi connectivity index (χ2v) is 6.84. The highest BCUT2D eigenvalue weighted by atomic mass is 127. The molecule has 0 saturated heterocycles. The number of para-hydroxylation sites is 2. The van der Waals surface area contributed by atoms with E-state index in [0.717, 1.165) is 31.1 Å². The predicted octanol–water partition coefficient (Wildman–Crippen LogP) is 5.19. The minimum absolute atomic E-state index is 0.187. The maximum absolute atomic E-state index is 12.8. The number of hydrogen-bond acceptors (Lipinski definition) is 2. The van der Waals surface area contributed by atoms with Gasteiger partial charge in [0.2, 0.25) is 0 Å². The average molecular weight is 442 g/mol. The van der Waals surface area contributed by atoms with Gasteiger partial charge in [0.1, 0.15) is 5.75 Å². The van der Waals surface area contributed by atoms with Crippen molar-refractivity contribution < 1.29 is 9.53 Å². The van der Waals surface area contributed by atoms with E-state index in [1.54, 1.807) is 13.2 Å². The molecule has 0 spiro atoms. The lowest BCUT2D eigenvalue weighted by atomic mass is 10.1. The molecule has 0 aliphatic carbocycles. The summed E-state index contributed by atoms with van der Waals surface area (Å²) in [6.07, 6.45) is 0. The number of amides is 1. The summed E-state index contributed by atoms with van der Waals surface area (Å²) in [5, 5.41) is 4.93. The van der Waals surface area contributed by atoms with Gasteiger partial charge in [-0.25, -0.2) is 0 Å². The molecule has 3 aromatic carbocycles. The van der Waals surface area contributed by atoms with Crippen LogP contribution in [0.15, 0.2) is 60.7 Å². The molecule has 0 fully saturated rings. The van der Waals surface area contributed by atoms with Gasteiger partial charge in [0.05, 0.1) is 29.3 Å².